The number of halogens is 4. The van der Waals surface area contributed by atoms with Gasteiger partial charge in [-0.2, -0.15) is 27.6 Å². The summed E-state index contributed by atoms with van der Waals surface area (Å²) in [6.07, 6.45) is 1.01. The van der Waals surface area contributed by atoms with E-state index in [4.69, 9.17) is 0 Å². The van der Waals surface area contributed by atoms with Gasteiger partial charge < -0.3 is 4.90 Å². The molecule has 0 N–H and O–H groups in total. The lowest BCUT2D eigenvalue weighted by Crippen LogP contribution is -2.22. The van der Waals surface area contributed by atoms with E-state index >= 15 is 0 Å². The van der Waals surface area contributed by atoms with Gasteiger partial charge in [0.1, 0.15) is 5.69 Å². The zero-order chi connectivity index (χ0) is 15.0. The fourth-order valence-corrected chi connectivity index (χ4v) is 1.47. The van der Waals surface area contributed by atoms with E-state index in [2.05, 4.69) is 10.1 Å². The van der Waals surface area contributed by atoms with Gasteiger partial charge in [0.25, 0.3) is 17.8 Å². The van der Waals surface area contributed by atoms with Crippen molar-refractivity contribution >= 4 is 5.91 Å². The van der Waals surface area contributed by atoms with Crippen LogP contribution in [0.25, 0.3) is 5.69 Å². The molecule has 0 aliphatic carbocycles. The Bertz CT molecular complexity index is 657. The number of rotatable bonds is 2. The third-order valence-corrected chi connectivity index (χ3v) is 2.42. The first-order valence-corrected chi connectivity index (χ1v) is 5.30. The SMILES string of the molecule is CN(C)C(=O)c1ccn(-c2c(F)c(F)nc(F)c2F)n1. The van der Waals surface area contributed by atoms with Crippen molar-refractivity contribution in [1.82, 2.24) is 19.7 Å². The molecule has 1 amide bonds. The fourth-order valence-electron chi connectivity index (χ4n) is 1.47. The monoisotopic (exact) mass is 288 g/mol. The predicted molar refractivity (Wildman–Crippen MR) is 59.2 cm³/mol. The molecule has 20 heavy (non-hydrogen) atoms. The molecule has 0 atom stereocenters. The number of hydrogen-bond acceptors (Lipinski definition) is 3. The Morgan fingerprint density at radius 2 is 1.70 bits per heavy atom. The highest BCUT2D eigenvalue weighted by Gasteiger charge is 2.23. The zero-order valence-corrected chi connectivity index (χ0v) is 10.4. The molecule has 106 valence electrons. The Hall–Kier alpha value is -2.45. The highest BCUT2D eigenvalue weighted by Crippen LogP contribution is 2.20. The Balaban J connectivity index is 2.56. The molecule has 2 aromatic heterocycles. The first kappa shape index (κ1) is 14.0. The van der Waals surface area contributed by atoms with E-state index < -0.39 is 35.1 Å². The molecule has 5 nitrogen and oxygen atoms in total. The summed E-state index contributed by atoms with van der Waals surface area (Å²) in [5.74, 6) is -7.52. The minimum Gasteiger partial charge on any atom is -0.343 e. The third kappa shape index (κ3) is 2.22. The third-order valence-electron chi connectivity index (χ3n) is 2.42. The molecular formula is C11H8F4N4O. The van der Waals surface area contributed by atoms with Crippen molar-refractivity contribution in [3.8, 4) is 5.69 Å². The zero-order valence-electron chi connectivity index (χ0n) is 10.4. The summed E-state index contributed by atoms with van der Waals surface area (Å²) in [5, 5.41) is 3.59. The number of nitrogens with zero attached hydrogens (tertiary/aromatic N) is 4. The molecule has 0 spiro atoms. The molecule has 2 heterocycles. The summed E-state index contributed by atoms with van der Waals surface area (Å²) in [4.78, 5) is 15.2. The average Bonchev–Trinajstić information content (AvgIpc) is 2.85. The van der Waals surface area contributed by atoms with E-state index in [0.717, 1.165) is 12.3 Å². The lowest BCUT2D eigenvalue weighted by atomic mass is 10.3. The number of carbonyl (C=O) groups excluding carboxylic acids is 1. The smallest absolute Gasteiger partial charge is 0.273 e. The molecule has 0 saturated carbocycles. The van der Waals surface area contributed by atoms with Gasteiger partial charge in [0.15, 0.2) is 5.69 Å². The predicted octanol–water partition coefficient (Wildman–Crippen LogP) is 1.53. The van der Waals surface area contributed by atoms with Crippen molar-refractivity contribution in [2.24, 2.45) is 0 Å². The maximum absolute atomic E-state index is 13.5. The molecule has 0 fully saturated rings. The van der Waals surface area contributed by atoms with Crippen molar-refractivity contribution in [2.75, 3.05) is 14.1 Å². The molecular weight excluding hydrogens is 280 g/mol. The molecule has 9 heteroatoms. The normalized spacial score (nSPS) is 10.7. The second kappa shape index (κ2) is 4.91. The first-order valence-electron chi connectivity index (χ1n) is 5.30. The van der Waals surface area contributed by atoms with E-state index in [1.807, 2.05) is 0 Å². The lowest BCUT2D eigenvalue weighted by Gasteiger charge is -2.08. The molecule has 0 aromatic carbocycles. The second-order valence-corrected chi connectivity index (χ2v) is 4.02. The summed E-state index contributed by atoms with van der Waals surface area (Å²) in [7, 11) is 2.91. The van der Waals surface area contributed by atoms with Crippen LogP contribution < -0.4 is 0 Å². The van der Waals surface area contributed by atoms with Gasteiger partial charge in [-0.15, -0.1) is 0 Å². The van der Waals surface area contributed by atoms with Gasteiger partial charge in [-0.1, -0.05) is 0 Å². The van der Waals surface area contributed by atoms with Gasteiger partial charge in [-0.05, 0) is 6.07 Å². The second-order valence-electron chi connectivity index (χ2n) is 4.02. The van der Waals surface area contributed by atoms with Gasteiger partial charge in [0, 0.05) is 20.3 Å². The van der Waals surface area contributed by atoms with Crippen LogP contribution in [-0.4, -0.2) is 39.7 Å². The van der Waals surface area contributed by atoms with Crippen molar-refractivity contribution in [3.05, 3.63) is 41.5 Å². The van der Waals surface area contributed by atoms with Crippen molar-refractivity contribution in [2.45, 2.75) is 0 Å². The Kier molecular flexibility index (Phi) is 3.43. The van der Waals surface area contributed by atoms with Gasteiger partial charge in [-0.3, -0.25) is 4.79 Å². The van der Waals surface area contributed by atoms with Gasteiger partial charge in [0.2, 0.25) is 11.6 Å². The highest BCUT2D eigenvalue weighted by atomic mass is 19.2. The van der Waals surface area contributed by atoms with Crippen LogP contribution in [0.15, 0.2) is 12.3 Å². The van der Waals surface area contributed by atoms with Gasteiger partial charge >= 0.3 is 0 Å². The fraction of sp³-hybridized carbons (Fsp3) is 0.182. The summed E-state index contributed by atoms with van der Waals surface area (Å²) >= 11 is 0. The van der Waals surface area contributed by atoms with Gasteiger partial charge in [-0.25, -0.2) is 4.68 Å². The molecule has 2 aromatic rings. The van der Waals surface area contributed by atoms with Crippen molar-refractivity contribution < 1.29 is 22.4 Å². The van der Waals surface area contributed by atoms with E-state index in [0.29, 0.717) is 4.68 Å². The summed E-state index contributed by atoms with van der Waals surface area (Å²) in [5.41, 5.74) is -1.21. The number of amides is 1. The maximum Gasteiger partial charge on any atom is 0.273 e. The summed E-state index contributed by atoms with van der Waals surface area (Å²) in [6, 6.07) is 1.16. The van der Waals surface area contributed by atoms with Crippen LogP contribution in [0.5, 0.6) is 0 Å². The Labute approximate surface area is 110 Å². The van der Waals surface area contributed by atoms with Crippen LogP contribution in [0.4, 0.5) is 17.6 Å². The molecule has 0 radical (unpaired) electrons. The van der Waals surface area contributed by atoms with Crippen LogP contribution in [0.2, 0.25) is 0 Å². The standard InChI is InChI=1S/C11H8F4N4O/c1-18(2)11(20)5-3-4-19(17-5)8-6(12)9(14)16-10(15)7(8)13/h3-4H,1-2H3. The molecule has 0 aliphatic rings. The summed E-state index contributed by atoms with van der Waals surface area (Å²) < 4.78 is 53.5. The molecule has 2 rings (SSSR count). The number of pyridine rings is 1. The van der Waals surface area contributed by atoms with E-state index in [9.17, 15) is 22.4 Å². The van der Waals surface area contributed by atoms with Crippen LogP contribution in [0, 0.1) is 23.5 Å². The Morgan fingerprint density at radius 3 is 2.20 bits per heavy atom. The van der Waals surface area contributed by atoms with E-state index in [1.54, 1.807) is 0 Å². The molecule has 0 saturated heterocycles. The van der Waals surface area contributed by atoms with Crippen molar-refractivity contribution in [3.63, 3.8) is 0 Å². The van der Waals surface area contributed by atoms with Crippen LogP contribution in [0.1, 0.15) is 10.5 Å². The Morgan fingerprint density at radius 1 is 1.15 bits per heavy atom. The van der Waals surface area contributed by atoms with Crippen LogP contribution in [0.3, 0.4) is 0 Å². The average molecular weight is 288 g/mol. The minimum absolute atomic E-state index is 0.133. The van der Waals surface area contributed by atoms with Crippen LogP contribution >= 0.6 is 0 Å². The largest absolute Gasteiger partial charge is 0.343 e. The quantitative estimate of drug-likeness (QED) is 0.622. The highest BCUT2D eigenvalue weighted by molar-refractivity contribution is 5.91. The van der Waals surface area contributed by atoms with E-state index in [1.165, 1.54) is 19.0 Å². The first-order chi connectivity index (χ1) is 9.32. The molecule has 0 aliphatic heterocycles. The molecule has 0 unspecified atom stereocenters. The van der Waals surface area contributed by atoms with E-state index in [-0.39, 0.29) is 5.69 Å². The maximum atomic E-state index is 13.5. The lowest BCUT2D eigenvalue weighted by molar-refractivity contribution is 0.0821. The summed E-state index contributed by atoms with van der Waals surface area (Å²) in [6.45, 7) is 0. The van der Waals surface area contributed by atoms with Crippen LogP contribution in [-0.2, 0) is 0 Å². The van der Waals surface area contributed by atoms with Gasteiger partial charge in [0.05, 0.1) is 0 Å². The number of aromatic nitrogens is 3. The minimum atomic E-state index is -1.80. The number of carbonyl (C=O) groups is 1. The topological polar surface area (TPSA) is 51.0 Å². The number of hydrogen-bond donors (Lipinski definition) is 0. The van der Waals surface area contributed by atoms with Crippen molar-refractivity contribution in [1.29, 1.82) is 0 Å². The molecule has 0 bridgehead atoms.